The minimum atomic E-state index is -2.79. The van der Waals surface area contributed by atoms with Gasteiger partial charge < -0.3 is 10.1 Å². The van der Waals surface area contributed by atoms with E-state index in [-0.39, 0.29) is 17.8 Å². The molecule has 0 aliphatic heterocycles. The molecule has 0 amide bonds. The van der Waals surface area contributed by atoms with Crippen molar-refractivity contribution in [3.05, 3.63) is 65.2 Å². The summed E-state index contributed by atoms with van der Waals surface area (Å²) in [6, 6.07) is 15.5. The monoisotopic (exact) mass is 305 g/mol. The van der Waals surface area contributed by atoms with Crippen molar-refractivity contribution in [3.8, 4) is 5.75 Å². The second kappa shape index (κ2) is 7.36. The maximum atomic E-state index is 12.1. The van der Waals surface area contributed by atoms with E-state index in [0.29, 0.717) is 0 Å². The summed E-state index contributed by atoms with van der Waals surface area (Å²) in [4.78, 5) is 0. The predicted octanol–water partition coefficient (Wildman–Crippen LogP) is 5.01. The van der Waals surface area contributed by atoms with E-state index in [9.17, 15) is 8.78 Å². The minimum Gasteiger partial charge on any atom is -0.435 e. The van der Waals surface area contributed by atoms with Crippen LogP contribution in [-0.4, -0.2) is 6.61 Å². The Labute approximate surface area is 130 Å². The third-order valence-electron chi connectivity index (χ3n) is 3.68. The number of halogens is 2. The van der Waals surface area contributed by atoms with Gasteiger partial charge in [0, 0.05) is 12.1 Å². The first-order valence-corrected chi connectivity index (χ1v) is 7.33. The summed E-state index contributed by atoms with van der Waals surface area (Å²) in [5, 5.41) is 3.50. The average molecular weight is 305 g/mol. The third-order valence-corrected chi connectivity index (χ3v) is 3.68. The van der Waals surface area contributed by atoms with E-state index in [1.165, 1.54) is 11.1 Å². The van der Waals surface area contributed by atoms with E-state index >= 15 is 0 Å². The number of rotatable bonds is 6. The molecule has 0 aliphatic rings. The van der Waals surface area contributed by atoms with Gasteiger partial charge in [-0.05, 0) is 44.0 Å². The number of hydrogen-bond donors (Lipinski definition) is 1. The average Bonchev–Trinajstić information content (AvgIpc) is 2.48. The molecule has 0 spiro atoms. The van der Waals surface area contributed by atoms with Crippen molar-refractivity contribution < 1.29 is 13.5 Å². The minimum absolute atomic E-state index is 0.108. The summed E-state index contributed by atoms with van der Waals surface area (Å²) in [7, 11) is 0. The predicted molar refractivity (Wildman–Crippen MR) is 84.2 cm³/mol. The van der Waals surface area contributed by atoms with Crippen molar-refractivity contribution in [1.29, 1.82) is 0 Å². The van der Waals surface area contributed by atoms with E-state index in [4.69, 9.17) is 0 Å². The maximum Gasteiger partial charge on any atom is 0.387 e. The molecule has 118 valence electrons. The highest BCUT2D eigenvalue weighted by molar-refractivity contribution is 5.29. The number of hydrogen-bond acceptors (Lipinski definition) is 2. The van der Waals surface area contributed by atoms with Crippen LogP contribution < -0.4 is 10.1 Å². The Morgan fingerprint density at radius 2 is 1.27 bits per heavy atom. The number of benzene rings is 2. The van der Waals surface area contributed by atoms with Crippen LogP contribution in [0.5, 0.6) is 5.75 Å². The van der Waals surface area contributed by atoms with Crippen LogP contribution in [0, 0.1) is 6.92 Å². The van der Waals surface area contributed by atoms with Gasteiger partial charge in [0.15, 0.2) is 0 Å². The second-order valence-electron chi connectivity index (χ2n) is 5.47. The van der Waals surface area contributed by atoms with Crippen LogP contribution in [0.4, 0.5) is 8.78 Å². The van der Waals surface area contributed by atoms with Crippen LogP contribution in [0.2, 0.25) is 0 Å². The number of alkyl halides is 2. The molecule has 0 aliphatic carbocycles. The van der Waals surface area contributed by atoms with Gasteiger partial charge in [0.25, 0.3) is 0 Å². The standard InChI is InChI=1S/C18H21F2NO/c1-12-4-6-15(7-5-12)13(2)21-14(3)16-8-10-17(11-9-16)22-18(19)20/h4-11,13-14,18,21H,1-3H3. The molecule has 0 fully saturated rings. The fourth-order valence-electron chi connectivity index (χ4n) is 2.36. The molecule has 0 heterocycles. The Bertz CT molecular complexity index is 581. The zero-order valence-corrected chi connectivity index (χ0v) is 13.0. The lowest BCUT2D eigenvalue weighted by molar-refractivity contribution is -0.0498. The molecule has 2 unspecified atom stereocenters. The lowest BCUT2D eigenvalue weighted by Gasteiger charge is -2.21. The van der Waals surface area contributed by atoms with Crippen LogP contribution >= 0.6 is 0 Å². The van der Waals surface area contributed by atoms with E-state index in [1.807, 2.05) is 6.92 Å². The molecular formula is C18H21F2NO. The molecule has 4 heteroatoms. The molecule has 2 aromatic carbocycles. The molecule has 0 saturated carbocycles. The van der Waals surface area contributed by atoms with Crippen LogP contribution in [0.1, 0.15) is 42.6 Å². The topological polar surface area (TPSA) is 21.3 Å². The Hall–Kier alpha value is -1.94. The molecule has 2 nitrogen and oxygen atoms in total. The molecular weight excluding hydrogens is 284 g/mol. The lowest BCUT2D eigenvalue weighted by Crippen LogP contribution is -2.22. The highest BCUT2D eigenvalue weighted by Crippen LogP contribution is 2.22. The van der Waals surface area contributed by atoms with Crippen molar-refractivity contribution in [2.75, 3.05) is 0 Å². The molecule has 22 heavy (non-hydrogen) atoms. The van der Waals surface area contributed by atoms with Gasteiger partial charge >= 0.3 is 6.61 Å². The van der Waals surface area contributed by atoms with Gasteiger partial charge in [-0.15, -0.1) is 0 Å². The van der Waals surface area contributed by atoms with Gasteiger partial charge in [0.1, 0.15) is 5.75 Å². The Morgan fingerprint density at radius 1 is 0.818 bits per heavy atom. The van der Waals surface area contributed by atoms with Crippen molar-refractivity contribution >= 4 is 0 Å². The molecule has 2 rings (SSSR count). The summed E-state index contributed by atoms with van der Waals surface area (Å²) in [5.74, 6) is 0.178. The molecule has 0 radical (unpaired) electrons. The van der Waals surface area contributed by atoms with Crippen molar-refractivity contribution in [1.82, 2.24) is 5.32 Å². The molecule has 0 aromatic heterocycles. The first-order chi connectivity index (χ1) is 10.5. The Balaban J connectivity index is 1.99. The molecule has 2 aromatic rings. The second-order valence-corrected chi connectivity index (χ2v) is 5.47. The summed E-state index contributed by atoms with van der Waals surface area (Å²) >= 11 is 0. The van der Waals surface area contributed by atoms with Gasteiger partial charge in [0.05, 0.1) is 0 Å². The first kappa shape index (κ1) is 16.4. The first-order valence-electron chi connectivity index (χ1n) is 7.33. The number of ether oxygens (including phenoxy) is 1. The zero-order valence-electron chi connectivity index (χ0n) is 13.0. The van der Waals surface area contributed by atoms with E-state index in [0.717, 1.165) is 5.56 Å². The van der Waals surface area contributed by atoms with Crippen LogP contribution in [-0.2, 0) is 0 Å². The van der Waals surface area contributed by atoms with Crippen LogP contribution in [0.25, 0.3) is 0 Å². The molecule has 1 N–H and O–H groups in total. The van der Waals surface area contributed by atoms with Gasteiger partial charge in [-0.1, -0.05) is 42.0 Å². The number of aryl methyl sites for hydroxylation is 1. The van der Waals surface area contributed by atoms with Crippen molar-refractivity contribution in [3.63, 3.8) is 0 Å². The molecule has 2 atom stereocenters. The number of nitrogens with one attached hydrogen (secondary N) is 1. The maximum absolute atomic E-state index is 12.1. The SMILES string of the molecule is Cc1ccc(C(C)NC(C)c2ccc(OC(F)F)cc2)cc1. The largest absolute Gasteiger partial charge is 0.435 e. The summed E-state index contributed by atoms with van der Waals surface area (Å²) in [5.41, 5.74) is 3.48. The highest BCUT2D eigenvalue weighted by atomic mass is 19.3. The summed E-state index contributed by atoms with van der Waals surface area (Å²) in [6.45, 7) is 3.43. The van der Waals surface area contributed by atoms with E-state index < -0.39 is 6.61 Å². The zero-order chi connectivity index (χ0) is 16.1. The Kier molecular flexibility index (Phi) is 5.50. The third kappa shape index (κ3) is 4.53. The molecule has 0 bridgehead atoms. The van der Waals surface area contributed by atoms with Gasteiger partial charge in [-0.2, -0.15) is 8.78 Å². The highest BCUT2D eigenvalue weighted by Gasteiger charge is 2.12. The smallest absolute Gasteiger partial charge is 0.387 e. The summed E-state index contributed by atoms with van der Waals surface area (Å²) in [6.07, 6.45) is 0. The van der Waals surface area contributed by atoms with Gasteiger partial charge in [0.2, 0.25) is 0 Å². The fraction of sp³-hybridized carbons (Fsp3) is 0.333. The van der Waals surface area contributed by atoms with E-state index in [2.05, 4.69) is 48.2 Å². The Morgan fingerprint density at radius 3 is 1.73 bits per heavy atom. The van der Waals surface area contributed by atoms with Crippen LogP contribution in [0.15, 0.2) is 48.5 Å². The van der Waals surface area contributed by atoms with Gasteiger partial charge in [-0.3, -0.25) is 0 Å². The van der Waals surface area contributed by atoms with Crippen LogP contribution in [0.3, 0.4) is 0 Å². The van der Waals surface area contributed by atoms with Crippen molar-refractivity contribution in [2.24, 2.45) is 0 Å². The van der Waals surface area contributed by atoms with Gasteiger partial charge in [-0.25, -0.2) is 0 Å². The normalized spacial score (nSPS) is 13.9. The summed E-state index contributed by atoms with van der Waals surface area (Å²) < 4.78 is 28.6. The lowest BCUT2D eigenvalue weighted by atomic mass is 10.0. The molecule has 0 saturated heterocycles. The van der Waals surface area contributed by atoms with E-state index in [1.54, 1.807) is 24.3 Å². The van der Waals surface area contributed by atoms with Crippen molar-refractivity contribution in [2.45, 2.75) is 39.5 Å². The fourth-order valence-corrected chi connectivity index (χ4v) is 2.36. The quantitative estimate of drug-likeness (QED) is 0.810.